The lowest BCUT2D eigenvalue weighted by Gasteiger charge is -2.07. The molecule has 2 rings (SSSR count). The zero-order chi connectivity index (χ0) is 13.1. The maximum Gasteiger partial charge on any atom is 0.129 e. The summed E-state index contributed by atoms with van der Waals surface area (Å²) in [6.45, 7) is -0.0372. The number of benzene rings is 1. The Balaban J connectivity index is 2.53. The van der Waals surface area contributed by atoms with Gasteiger partial charge in [-0.25, -0.2) is 4.98 Å². The zero-order valence-electron chi connectivity index (χ0n) is 9.94. The molecule has 0 radical (unpaired) electrons. The van der Waals surface area contributed by atoms with Crippen LogP contribution < -0.4 is 9.47 Å². The molecule has 1 aromatic carbocycles. The van der Waals surface area contributed by atoms with Crippen molar-refractivity contribution in [2.24, 2.45) is 0 Å². The van der Waals surface area contributed by atoms with Crippen molar-refractivity contribution in [3.63, 3.8) is 0 Å². The summed E-state index contributed by atoms with van der Waals surface area (Å²) in [5.41, 5.74) is 0.849. The number of nitrogens with zero attached hydrogens (tertiary/aromatic N) is 1. The third-order valence-corrected chi connectivity index (χ3v) is 4.42. The summed E-state index contributed by atoms with van der Waals surface area (Å²) in [4.78, 5) is 5.16. The Kier molecular flexibility index (Phi) is 4.21. The van der Waals surface area contributed by atoms with Gasteiger partial charge in [0.2, 0.25) is 0 Å². The second-order valence-corrected chi connectivity index (χ2v) is 5.29. The smallest absolute Gasteiger partial charge is 0.129 e. The van der Waals surface area contributed by atoms with E-state index >= 15 is 0 Å². The molecule has 0 amide bonds. The third kappa shape index (κ3) is 2.50. The number of aliphatic hydroxyl groups excluding tert-OH is 1. The summed E-state index contributed by atoms with van der Waals surface area (Å²) in [6, 6.07) is 5.53. The average Bonchev–Trinajstić information content (AvgIpc) is 2.79. The van der Waals surface area contributed by atoms with E-state index in [2.05, 4.69) is 20.9 Å². The molecule has 0 spiro atoms. The minimum absolute atomic E-state index is 0.0372. The molecule has 0 unspecified atom stereocenters. The fourth-order valence-electron chi connectivity index (χ4n) is 1.53. The highest BCUT2D eigenvalue weighted by Gasteiger charge is 2.14. The first-order valence-corrected chi connectivity index (χ1v) is 6.79. The van der Waals surface area contributed by atoms with Gasteiger partial charge in [-0.3, -0.25) is 0 Å². The summed E-state index contributed by atoms with van der Waals surface area (Å²) in [5, 5.41) is 9.97. The van der Waals surface area contributed by atoms with Gasteiger partial charge in [-0.05, 0) is 34.1 Å². The number of rotatable bonds is 4. The Morgan fingerprint density at radius 1 is 1.33 bits per heavy atom. The molecule has 2 aromatic rings. The Bertz CT molecular complexity index is 556. The van der Waals surface area contributed by atoms with E-state index in [1.807, 2.05) is 18.2 Å². The largest absolute Gasteiger partial charge is 0.497 e. The van der Waals surface area contributed by atoms with Crippen molar-refractivity contribution in [2.45, 2.75) is 6.61 Å². The predicted octanol–water partition coefficient (Wildman–Crippen LogP) is 3.08. The zero-order valence-corrected chi connectivity index (χ0v) is 12.3. The molecule has 1 N–H and O–H groups in total. The molecule has 0 aliphatic heterocycles. The Hall–Kier alpha value is -1.11. The highest BCUT2D eigenvalue weighted by atomic mass is 79.9. The Morgan fingerprint density at radius 2 is 2.11 bits per heavy atom. The van der Waals surface area contributed by atoms with Crippen LogP contribution in [0.5, 0.6) is 11.5 Å². The number of methoxy groups -OCH3 is 2. The second-order valence-electron chi connectivity index (χ2n) is 3.46. The van der Waals surface area contributed by atoms with E-state index in [1.165, 1.54) is 11.3 Å². The van der Waals surface area contributed by atoms with Crippen LogP contribution in [0, 0.1) is 0 Å². The molecule has 0 saturated heterocycles. The van der Waals surface area contributed by atoms with Crippen molar-refractivity contribution in [3.8, 4) is 22.1 Å². The molecule has 0 aliphatic carbocycles. The molecule has 1 aromatic heterocycles. The van der Waals surface area contributed by atoms with Crippen LogP contribution in [0.1, 0.15) is 4.88 Å². The molecular formula is C12H12BrNO3S. The van der Waals surface area contributed by atoms with E-state index in [4.69, 9.17) is 9.47 Å². The van der Waals surface area contributed by atoms with Crippen LogP contribution in [0.3, 0.4) is 0 Å². The van der Waals surface area contributed by atoms with Gasteiger partial charge in [-0.15, -0.1) is 11.3 Å². The van der Waals surface area contributed by atoms with Crippen LogP contribution in [0.2, 0.25) is 0 Å². The van der Waals surface area contributed by atoms with Crippen LogP contribution in [0.15, 0.2) is 22.8 Å². The first-order valence-electron chi connectivity index (χ1n) is 5.18. The fraction of sp³-hybridized carbons (Fsp3) is 0.250. The lowest BCUT2D eigenvalue weighted by molar-refractivity contribution is 0.284. The SMILES string of the molecule is COc1ccc(OC)c(-c2nc(Br)c(CO)s2)c1. The quantitative estimate of drug-likeness (QED) is 0.936. The van der Waals surface area contributed by atoms with Gasteiger partial charge in [-0.1, -0.05) is 0 Å². The van der Waals surface area contributed by atoms with Gasteiger partial charge in [0.05, 0.1) is 31.3 Å². The highest BCUT2D eigenvalue weighted by molar-refractivity contribution is 9.10. The van der Waals surface area contributed by atoms with Gasteiger partial charge in [0, 0.05) is 0 Å². The minimum Gasteiger partial charge on any atom is -0.497 e. The number of hydrogen-bond acceptors (Lipinski definition) is 5. The second kappa shape index (κ2) is 5.69. The first kappa shape index (κ1) is 13.3. The van der Waals surface area contributed by atoms with Gasteiger partial charge in [0.1, 0.15) is 21.1 Å². The maximum absolute atomic E-state index is 9.19. The van der Waals surface area contributed by atoms with Crippen molar-refractivity contribution >= 4 is 27.3 Å². The van der Waals surface area contributed by atoms with E-state index in [1.54, 1.807) is 14.2 Å². The number of hydrogen-bond donors (Lipinski definition) is 1. The lowest BCUT2D eigenvalue weighted by atomic mass is 10.2. The summed E-state index contributed by atoms with van der Waals surface area (Å²) < 4.78 is 11.2. The molecule has 4 nitrogen and oxygen atoms in total. The van der Waals surface area contributed by atoms with E-state index in [0.717, 1.165) is 26.9 Å². The maximum atomic E-state index is 9.19. The first-order chi connectivity index (χ1) is 8.69. The van der Waals surface area contributed by atoms with Gasteiger partial charge in [0.25, 0.3) is 0 Å². The molecule has 6 heteroatoms. The van der Waals surface area contributed by atoms with Crippen LogP contribution in [-0.2, 0) is 6.61 Å². The van der Waals surface area contributed by atoms with Gasteiger partial charge in [0.15, 0.2) is 0 Å². The summed E-state index contributed by atoms with van der Waals surface area (Å²) in [5.74, 6) is 1.46. The van der Waals surface area contributed by atoms with E-state index in [9.17, 15) is 5.11 Å². The van der Waals surface area contributed by atoms with Crippen LogP contribution in [0.25, 0.3) is 10.6 Å². The van der Waals surface area contributed by atoms with Crippen LogP contribution in [0.4, 0.5) is 0 Å². The lowest BCUT2D eigenvalue weighted by Crippen LogP contribution is -1.89. The predicted molar refractivity (Wildman–Crippen MR) is 74.3 cm³/mol. The van der Waals surface area contributed by atoms with E-state index in [-0.39, 0.29) is 6.61 Å². The number of thiazole rings is 1. The summed E-state index contributed by atoms with van der Waals surface area (Å²) in [7, 11) is 3.23. The number of ether oxygens (including phenoxy) is 2. The minimum atomic E-state index is -0.0372. The molecule has 0 saturated carbocycles. The van der Waals surface area contributed by atoms with E-state index in [0.29, 0.717) is 4.60 Å². The normalized spacial score (nSPS) is 10.4. The summed E-state index contributed by atoms with van der Waals surface area (Å²) >= 11 is 4.74. The molecule has 96 valence electrons. The topological polar surface area (TPSA) is 51.6 Å². The standard InChI is InChI=1S/C12H12BrNO3S/c1-16-7-3-4-9(17-2)8(5-7)12-14-11(13)10(6-15)18-12/h3-5,15H,6H2,1-2H3. The van der Waals surface area contributed by atoms with E-state index < -0.39 is 0 Å². The highest BCUT2D eigenvalue weighted by Crippen LogP contribution is 2.38. The van der Waals surface area contributed by atoms with Crippen molar-refractivity contribution in [3.05, 3.63) is 27.7 Å². The monoisotopic (exact) mass is 329 g/mol. The molecule has 0 aliphatic rings. The average molecular weight is 330 g/mol. The third-order valence-electron chi connectivity index (χ3n) is 2.43. The Labute approximate surface area is 117 Å². The van der Waals surface area contributed by atoms with Crippen LogP contribution in [-0.4, -0.2) is 24.3 Å². The van der Waals surface area contributed by atoms with Gasteiger partial charge < -0.3 is 14.6 Å². The van der Waals surface area contributed by atoms with Crippen molar-refractivity contribution < 1.29 is 14.6 Å². The molecule has 18 heavy (non-hydrogen) atoms. The number of aromatic nitrogens is 1. The van der Waals surface area contributed by atoms with Crippen LogP contribution >= 0.6 is 27.3 Å². The van der Waals surface area contributed by atoms with Crippen molar-refractivity contribution in [1.82, 2.24) is 4.98 Å². The summed E-state index contributed by atoms with van der Waals surface area (Å²) in [6.07, 6.45) is 0. The molecular weight excluding hydrogens is 318 g/mol. The molecule has 0 fully saturated rings. The van der Waals surface area contributed by atoms with Gasteiger partial charge in [-0.2, -0.15) is 0 Å². The number of halogens is 1. The number of aliphatic hydroxyl groups is 1. The fourth-order valence-corrected chi connectivity index (χ4v) is 3.02. The Morgan fingerprint density at radius 3 is 2.67 bits per heavy atom. The van der Waals surface area contributed by atoms with Crippen molar-refractivity contribution in [2.75, 3.05) is 14.2 Å². The molecule has 0 bridgehead atoms. The molecule has 1 heterocycles. The molecule has 0 atom stereocenters. The van der Waals surface area contributed by atoms with Crippen molar-refractivity contribution in [1.29, 1.82) is 0 Å². The van der Waals surface area contributed by atoms with Gasteiger partial charge >= 0.3 is 0 Å².